The minimum atomic E-state index is -0.597. The Morgan fingerprint density at radius 1 is 1.10 bits per heavy atom. The molecule has 0 heterocycles. The van der Waals surface area contributed by atoms with E-state index in [1.165, 1.54) is 5.56 Å². The number of aliphatic hydroxyl groups is 1. The molecule has 0 amide bonds. The van der Waals surface area contributed by atoms with Gasteiger partial charge >= 0.3 is 0 Å². The van der Waals surface area contributed by atoms with Crippen LogP contribution in [0.4, 0.5) is 0 Å². The van der Waals surface area contributed by atoms with Crippen LogP contribution in [0.1, 0.15) is 39.6 Å². The second-order valence-corrected chi connectivity index (χ2v) is 5.22. The average Bonchev–Trinajstić information content (AvgIpc) is 2.47. The number of hydrogen-bond acceptors (Lipinski definition) is 2. The van der Waals surface area contributed by atoms with Crippen molar-refractivity contribution in [2.45, 2.75) is 19.4 Å². The first kappa shape index (κ1) is 12.8. The van der Waals surface area contributed by atoms with Crippen LogP contribution in [0.3, 0.4) is 0 Å². The van der Waals surface area contributed by atoms with Crippen LogP contribution in [0.15, 0.2) is 54.1 Å². The minimum Gasteiger partial charge on any atom is -0.388 e. The maximum atomic E-state index is 12.5. The lowest BCUT2D eigenvalue weighted by atomic mass is 9.84. The van der Waals surface area contributed by atoms with Gasteiger partial charge in [0.2, 0.25) is 0 Å². The number of aliphatic hydroxyl groups excluding tert-OH is 1. The van der Waals surface area contributed by atoms with E-state index in [0.29, 0.717) is 17.6 Å². The number of Topliss-reactive ketones (excluding diaryl/α,β-unsaturated/α-hetero) is 1. The molecule has 2 nitrogen and oxygen atoms in total. The van der Waals surface area contributed by atoms with E-state index in [4.69, 9.17) is 0 Å². The zero-order valence-electron chi connectivity index (χ0n) is 11.3. The lowest BCUT2D eigenvalue weighted by molar-refractivity contribution is 0.0979. The maximum absolute atomic E-state index is 12.5. The third-order valence-electron chi connectivity index (χ3n) is 3.69. The van der Waals surface area contributed by atoms with Crippen molar-refractivity contribution in [3.05, 3.63) is 76.4 Å². The Balaban J connectivity index is 2.01. The van der Waals surface area contributed by atoms with Gasteiger partial charge in [-0.05, 0) is 24.1 Å². The number of rotatable bonds is 1. The molecule has 0 bridgehead atoms. The zero-order chi connectivity index (χ0) is 14.1. The summed E-state index contributed by atoms with van der Waals surface area (Å²) < 4.78 is 0. The van der Waals surface area contributed by atoms with Crippen molar-refractivity contribution in [3.63, 3.8) is 0 Å². The van der Waals surface area contributed by atoms with Gasteiger partial charge in [-0.3, -0.25) is 4.79 Å². The van der Waals surface area contributed by atoms with Gasteiger partial charge in [-0.15, -0.1) is 0 Å². The van der Waals surface area contributed by atoms with Crippen molar-refractivity contribution in [2.24, 2.45) is 0 Å². The topological polar surface area (TPSA) is 37.3 Å². The molecule has 1 N–H and O–H groups in total. The van der Waals surface area contributed by atoms with E-state index in [-0.39, 0.29) is 5.78 Å². The third-order valence-corrected chi connectivity index (χ3v) is 3.69. The Kier molecular flexibility index (Phi) is 3.25. The molecule has 0 aliphatic heterocycles. The van der Waals surface area contributed by atoms with E-state index >= 15 is 0 Å². The first-order valence-electron chi connectivity index (χ1n) is 6.74. The van der Waals surface area contributed by atoms with Crippen LogP contribution in [-0.4, -0.2) is 10.9 Å². The summed E-state index contributed by atoms with van der Waals surface area (Å²) in [7, 11) is 0. The van der Waals surface area contributed by atoms with Gasteiger partial charge in [0.1, 0.15) is 0 Å². The highest BCUT2D eigenvalue weighted by Gasteiger charge is 2.27. The molecular formula is C18H16O2. The smallest absolute Gasteiger partial charge is 0.189 e. The van der Waals surface area contributed by atoms with Crippen molar-refractivity contribution >= 4 is 11.9 Å². The monoisotopic (exact) mass is 264 g/mol. The van der Waals surface area contributed by atoms with Crippen molar-refractivity contribution in [2.75, 3.05) is 0 Å². The molecule has 2 aromatic carbocycles. The van der Waals surface area contributed by atoms with Gasteiger partial charge in [0.05, 0.1) is 6.10 Å². The number of hydrogen-bond donors (Lipinski definition) is 1. The lowest BCUT2D eigenvalue weighted by Gasteiger charge is -2.22. The summed E-state index contributed by atoms with van der Waals surface area (Å²) in [6.45, 7) is 2.03. The third kappa shape index (κ3) is 2.30. The highest BCUT2D eigenvalue weighted by atomic mass is 16.3. The summed E-state index contributed by atoms with van der Waals surface area (Å²) in [6, 6.07) is 15.3. The van der Waals surface area contributed by atoms with Crippen molar-refractivity contribution in [3.8, 4) is 0 Å². The van der Waals surface area contributed by atoms with E-state index in [9.17, 15) is 9.90 Å². The molecule has 1 aliphatic carbocycles. The number of aryl methyl sites for hydroxylation is 1. The molecule has 3 rings (SSSR count). The van der Waals surface area contributed by atoms with Gasteiger partial charge in [-0.2, -0.15) is 0 Å². The first-order chi connectivity index (χ1) is 9.65. The largest absolute Gasteiger partial charge is 0.388 e. The molecule has 0 fully saturated rings. The van der Waals surface area contributed by atoms with Gasteiger partial charge in [0, 0.05) is 17.6 Å². The zero-order valence-corrected chi connectivity index (χ0v) is 11.3. The van der Waals surface area contributed by atoms with Crippen LogP contribution in [0.2, 0.25) is 0 Å². The van der Waals surface area contributed by atoms with Gasteiger partial charge in [0.25, 0.3) is 0 Å². The normalized spacial score (nSPS) is 20.0. The molecule has 20 heavy (non-hydrogen) atoms. The standard InChI is InChI=1S/C18H16O2/c1-12-6-8-13(9-7-12)10-14-11-17(19)15-4-2-3-5-16(15)18(14)20/h2-10,17,19H,11H2,1H3/b14-10-/t17-/m0/s1. The molecule has 0 aromatic heterocycles. The molecule has 2 aromatic rings. The lowest BCUT2D eigenvalue weighted by Crippen LogP contribution is -2.18. The molecular weight excluding hydrogens is 248 g/mol. The van der Waals surface area contributed by atoms with E-state index < -0.39 is 6.10 Å². The number of benzene rings is 2. The molecule has 0 saturated carbocycles. The quantitative estimate of drug-likeness (QED) is 0.797. The predicted molar refractivity (Wildman–Crippen MR) is 79.5 cm³/mol. The van der Waals surface area contributed by atoms with Crippen molar-refractivity contribution in [1.29, 1.82) is 0 Å². The maximum Gasteiger partial charge on any atom is 0.189 e. The highest BCUT2D eigenvalue weighted by Crippen LogP contribution is 2.33. The second kappa shape index (κ2) is 5.06. The summed E-state index contributed by atoms with van der Waals surface area (Å²) in [5.41, 5.74) is 4.20. The highest BCUT2D eigenvalue weighted by molar-refractivity contribution is 6.13. The van der Waals surface area contributed by atoms with Crippen LogP contribution >= 0.6 is 0 Å². The van der Waals surface area contributed by atoms with Crippen molar-refractivity contribution < 1.29 is 9.90 Å². The Morgan fingerprint density at radius 2 is 1.80 bits per heavy atom. The van der Waals surface area contributed by atoms with Crippen molar-refractivity contribution in [1.82, 2.24) is 0 Å². The van der Waals surface area contributed by atoms with Crippen LogP contribution in [0.5, 0.6) is 0 Å². The molecule has 2 heteroatoms. The fourth-order valence-electron chi connectivity index (χ4n) is 2.57. The average molecular weight is 264 g/mol. The van der Waals surface area contributed by atoms with Gasteiger partial charge in [-0.1, -0.05) is 54.1 Å². The van der Waals surface area contributed by atoms with Gasteiger partial charge < -0.3 is 5.11 Å². The number of fused-ring (bicyclic) bond motifs is 1. The van der Waals surface area contributed by atoms with E-state index in [1.807, 2.05) is 55.5 Å². The van der Waals surface area contributed by atoms with Crippen LogP contribution < -0.4 is 0 Å². The van der Waals surface area contributed by atoms with E-state index in [1.54, 1.807) is 6.07 Å². The molecule has 1 atom stereocenters. The molecule has 0 spiro atoms. The molecule has 0 radical (unpaired) electrons. The molecule has 100 valence electrons. The number of ketones is 1. The summed E-state index contributed by atoms with van der Waals surface area (Å²) in [5.74, 6) is 0.0199. The minimum absolute atomic E-state index is 0.0199. The van der Waals surface area contributed by atoms with E-state index in [2.05, 4.69) is 0 Å². The second-order valence-electron chi connectivity index (χ2n) is 5.22. The summed E-state index contributed by atoms with van der Waals surface area (Å²) >= 11 is 0. The number of carbonyl (C=O) groups excluding carboxylic acids is 1. The fourth-order valence-corrected chi connectivity index (χ4v) is 2.57. The summed E-state index contributed by atoms with van der Waals surface area (Å²) in [5, 5.41) is 10.2. The summed E-state index contributed by atoms with van der Waals surface area (Å²) in [6.07, 6.45) is 1.66. The number of carbonyl (C=O) groups is 1. The first-order valence-corrected chi connectivity index (χ1v) is 6.74. The van der Waals surface area contributed by atoms with Gasteiger partial charge in [0.15, 0.2) is 5.78 Å². The van der Waals surface area contributed by atoms with Gasteiger partial charge in [-0.25, -0.2) is 0 Å². The summed E-state index contributed by atoms with van der Waals surface area (Å²) in [4.78, 5) is 12.5. The van der Waals surface area contributed by atoms with Crippen LogP contribution in [0.25, 0.3) is 6.08 Å². The van der Waals surface area contributed by atoms with E-state index in [0.717, 1.165) is 11.1 Å². The Morgan fingerprint density at radius 3 is 2.55 bits per heavy atom. The molecule has 1 aliphatic rings. The molecule has 0 saturated heterocycles. The Bertz CT molecular complexity index is 681. The van der Waals surface area contributed by atoms with Crippen LogP contribution in [0, 0.1) is 6.92 Å². The predicted octanol–water partition coefficient (Wildman–Crippen LogP) is 3.70. The Labute approximate surface area is 118 Å². The Hall–Kier alpha value is -2.19. The van der Waals surface area contributed by atoms with Crippen LogP contribution in [-0.2, 0) is 0 Å². The molecule has 0 unspecified atom stereocenters. The SMILES string of the molecule is Cc1ccc(/C=C2/C[C@H](O)c3ccccc3C2=O)cc1. The fraction of sp³-hybridized carbons (Fsp3) is 0.167.